The van der Waals surface area contributed by atoms with Crippen LogP contribution in [-0.2, 0) is 33.4 Å². The molecule has 7 nitrogen and oxygen atoms in total. The molecule has 1 aliphatic heterocycles. The van der Waals surface area contributed by atoms with Gasteiger partial charge in [-0.15, -0.1) is 0 Å². The highest BCUT2D eigenvalue weighted by Gasteiger charge is 2.44. The zero-order valence-electron chi connectivity index (χ0n) is 17.1. The van der Waals surface area contributed by atoms with Crippen LogP contribution < -0.4 is 0 Å². The summed E-state index contributed by atoms with van der Waals surface area (Å²) in [5.41, 5.74) is 2.00. The lowest BCUT2D eigenvalue weighted by atomic mass is 9.85. The van der Waals surface area contributed by atoms with Crippen molar-refractivity contribution in [2.75, 3.05) is 0 Å². The largest absolute Gasteiger partial charge is 0.458 e. The highest BCUT2D eigenvalue weighted by molar-refractivity contribution is 5.93. The minimum Gasteiger partial charge on any atom is -0.458 e. The van der Waals surface area contributed by atoms with Crippen LogP contribution in [0.15, 0.2) is 47.1 Å². The highest BCUT2D eigenvalue weighted by atomic mass is 16.6. The van der Waals surface area contributed by atoms with Gasteiger partial charge in [0, 0.05) is 30.9 Å². The normalized spacial score (nSPS) is 27.8. The summed E-state index contributed by atoms with van der Waals surface area (Å²) in [6, 6.07) is 0. The molecule has 0 spiro atoms. The van der Waals surface area contributed by atoms with E-state index in [0.717, 1.165) is 17.2 Å². The Morgan fingerprint density at radius 1 is 1.24 bits per heavy atom. The Morgan fingerprint density at radius 3 is 2.55 bits per heavy atom. The van der Waals surface area contributed by atoms with Gasteiger partial charge in [-0.1, -0.05) is 18.2 Å². The lowest BCUT2D eigenvalue weighted by Crippen LogP contribution is -2.34. The van der Waals surface area contributed by atoms with Crippen LogP contribution in [0.5, 0.6) is 0 Å². The Kier molecular flexibility index (Phi) is 7.31. The van der Waals surface area contributed by atoms with Gasteiger partial charge >= 0.3 is 17.9 Å². The first-order valence-corrected chi connectivity index (χ1v) is 9.38. The van der Waals surface area contributed by atoms with E-state index in [-0.39, 0.29) is 11.1 Å². The monoisotopic (exact) mass is 402 g/mol. The van der Waals surface area contributed by atoms with Crippen LogP contribution in [0.3, 0.4) is 0 Å². The van der Waals surface area contributed by atoms with Crippen molar-refractivity contribution in [1.82, 2.24) is 0 Å². The molecule has 1 fully saturated rings. The van der Waals surface area contributed by atoms with Crippen molar-refractivity contribution in [1.29, 1.82) is 0 Å². The molecule has 0 amide bonds. The van der Waals surface area contributed by atoms with Gasteiger partial charge < -0.3 is 14.2 Å². The van der Waals surface area contributed by atoms with Crippen molar-refractivity contribution in [3.63, 3.8) is 0 Å². The van der Waals surface area contributed by atoms with Gasteiger partial charge in [0.15, 0.2) is 0 Å². The summed E-state index contributed by atoms with van der Waals surface area (Å²) in [5, 5.41) is 0. The van der Waals surface area contributed by atoms with E-state index in [2.05, 4.69) is 6.58 Å². The van der Waals surface area contributed by atoms with Gasteiger partial charge in [-0.2, -0.15) is 0 Å². The van der Waals surface area contributed by atoms with Crippen molar-refractivity contribution < 1.29 is 33.4 Å². The molecule has 0 saturated carbocycles. The summed E-state index contributed by atoms with van der Waals surface area (Å²) < 4.78 is 16.5. The van der Waals surface area contributed by atoms with E-state index in [1.165, 1.54) is 13.8 Å². The second kappa shape index (κ2) is 9.49. The second-order valence-corrected chi connectivity index (χ2v) is 7.35. The smallest absolute Gasteiger partial charge is 0.334 e. The van der Waals surface area contributed by atoms with Crippen molar-refractivity contribution in [3.8, 4) is 0 Å². The molecule has 7 heteroatoms. The van der Waals surface area contributed by atoms with E-state index in [1.807, 2.05) is 13.0 Å². The van der Waals surface area contributed by atoms with E-state index in [9.17, 15) is 19.2 Å². The Morgan fingerprint density at radius 2 is 1.93 bits per heavy atom. The molecule has 29 heavy (non-hydrogen) atoms. The number of carbonyl (C=O) groups excluding carboxylic acids is 4. The molecule has 1 saturated heterocycles. The summed E-state index contributed by atoms with van der Waals surface area (Å²) in [4.78, 5) is 46.7. The molecular weight excluding hydrogens is 376 g/mol. The number of fused-ring (bicyclic) bond motifs is 1. The standard InChI is InChI=1S/C22H26O7/c1-12-6-7-17(27-16(5)24)14(3)11-19-20(15(4)22(26)29-19)18(10-12)28-21(25)13(2)8-9-23/h6,8-9,11,17-20H,4,7,10H2,1-3,5H3. The van der Waals surface area contributed by atoms with Crippen molar-refractivity contribution in [3.05, 3.63) is 47.1 Å². The Hall–Kier alpha value is -2.96. The van der Waals surface area contributed by atoms with Crippen LogP contribution in [-0.4, -0.2) is 42.5 Å². The number of hydrogen-bond donors (Lipinski definition) is 0. The Balaban J connectivity index is 2.43. The van der Waals surface area contributed by atoms with Gasteiger partial charge in [-0.05, 0) is 38.5 Å². The lowest BCUT2D eigenvalue weighted by molar-refractivity contribution is -0.148. The van der Waals surface area contributed by atoms with Crippen molar-refractivity contribution >= 4 is 24.2 Å². The molecule has 4 atom stereocenters. The maximum atomic E-state index is 12.4. The summed E-state index contributed by atoms with van der Waals surface area (Å²) in [6.45, 7) is 10.3. The number of hydrogen-bond acceptors (Lipinski definition) is 7. The highest BCUT2D eigenvalue weighted by Crippen LogP contribution is 2.36. The van der Waals surface area contributed by atoms with Crippen molar-refractivity contribution in [2.45, 2.75) is 58.8 Å². The van der Waals surface area contributed by atoms with Gasteiger partial charge in [-0.3, -0.25) is 9.59 Å². The fraction of sp³-hybridized carbons (Fsp3) is 0.455. The van der Waals surface area contributed by atoms with E-state index >= 15 is 0 Å². The average Bonchev–Trinajstić information content (AvgIpc) is 2.90. The fourth-order valence-corrected chi connectivity index (χ4v) is 3.43. The summed E-state index contributed by atoms with van der Waals surface area (Å²) >= 11 is 0. The molecular formula is C22H26O7. The minimum atomic E-state index is -0.702. The molecule has 0 bridgehead atoms. The summed E-state index contributed by atoms with van der Waals surface area (Å²) in [7, 11) is 0. The first-order chi connectivity index (χ1) is 13.6. The Bertz CT molecular complexity index is 815. The van der Waals surface area contributed by atoms with Crippen LogP contribution in [0.4, 0.5) is 0 Å². The predicted molar refractivity (Wildman–Crippen MR) is 105 cm³/mol. The topological polar surface area (TPSA) is 96.0 Å². The third-order valence-electron chi connectivity index (χ3n) is 5.01. The number of aldehydes is 1. The summed E-state index contributed by atoms with van der Waals surface area (Å²) in [6.07, 6.45) is 4.19. The van der Waals surface area contributed by atoms with Crippen LogP contribution in [0, 0.1) is 5.92 Å². The molecule has 4 unspecified atom stereocenters. The number of rotatable bonds is 4. The van der Waals surface area contributed by atoms with Gasteiger partial charge in [0.1, 0.15) is 24.6 Å². The SMILES string of the molecule is C=C1C(=O)OC2C=C(C)C(OC(C)=O)CC=C(C)CC(OC(=O)C(C)=CC=O)C12. The third kappa shape index (κ3) is 5.53. The molecule has 0 radical (unpaired) electrons. The van der Waals surface area contributed by atoms with Gasteiger partial charge in [0.05, 0.1) is 5.92 Å². The van der Waals surface area contributed by atoms with Crippen LogP contribution in [0.25, 0.3) is 0 Å². The maximum absolute atomic E-state index is 12.4. The van der Waals surface area contributed by atoms with E-state index in [0.29, 0.717) is 19.1 Å². The number of allylic oxidation sites excluding steroid dienone is 1. The maximum Gasteiger partial charge on any atom is 0.334 e. The minimum absolute atomic E-state index is 0.160. The first-order valence-electron chi connectivity index (χ1n) is 9.38. The zero-order chi connectivity index (χ0) is 21.7. The third-order valence-corrected chi connectivity index (χ3v) is 5.01. The molecule has 156 valence electrons. The van der Waals surface area contributed by atoms with Gasteiger partial charge in [0.2, 0.25) is 0 Å². The number of ether oxygens (including phenoxy) is 3. The molecule has 1 heterocycles. The average molecular weight is 402 g/mol. The van der Waals surface area contributed by atoms with Crippen LogP contribution >= 0.6 is 0 Å². The molecule has 0 aromatic rings. The van der Waals surface area contributed by atoms with Crippen molar-refractivity contribution in [2.24, 2.45) is 5.92 Å². The molecule has 0 aromatic carbocycles. The second-order valence-electron chi connectivity index (χ2n) is 7.35. The predicted octanol–water partition coefficient (Wildman–Crippen LogP) is 2.76. The first kappa shape index (κ1) is 22.3. The fourth-order valence-electron chi connectivity index (χ4n) is 3.43. The molecule has 0 N–H and O–H groups in total. The van der Waals surface area contributed by atoms with Gasteiger partial charge in [-0.25, -0.2) is 9.59 Å². The lowest BCUT2D eigenvalue weighted by Gasteiger charge is -2.28. The number of esters is 3. The molecule has 1 aliphatic carbocycles. The Labute approximate surface area is 170 Å². The number of carbonyl (C=O) groups is 4. The molecule has 2 rings (SSSR count). The quantitative estimate of drug-likeness (QED) is 0.235. The van der Waals surface area contributed by atoms with E-state index in [4.69, 9.17) is 14.2 Å². The van der Waals surface area contributed by atoms with E-state index < -0.39 is 42.1 Å². The van der Waals surface area contributed by atoms with Gasteiger partial charge in [0.25, 0.3) is 0 Å². The van der Waals surface area contributed by atoms with E-state index in [1.54, 1.807) is 13.0 Å². The molecule has 2 aliphatic rings. The summed E-state index contributed by atoms with van der Waals surface area (Å²) in [5.74, 6) is -2.20. The van der Waals surface area contributed by atoms with Crippen LogP contribution in [0.1, 0.15) is 40.5 Å². The zero-order valence-corrected chi connectivity index (χ0v) is 17.1. The van der Waals surface area contributed by atoms with Crippen LogP contribution in [0.2, 0.25) is 0 Å². The molecule has 0 aromatic heterocycles.